The Morgan fingerprint density at radius 3 is 2.69 bits per heavy atom. The van der Waals surface area contributed by atoms with Crippen molar-refractivity contribution < 1.29 is 23.5 Å². The monoisotopic (exact) mass is 489 g/mol. The molecule has 2 aliphatic rings. The van der Waals surface area contributed by atoms with Crippen LogP contribution in [0.15, 0.2) is 60.7 Å². The van der Waals surface area contributed by atoms with E-state index < -0.39 is 12.2 Å². The van der Waals surface area contributed by atoms with Crippen LogP contribution in [-0.4, -0.2) is 50.1 Å². The zero-order valence-corrected chi connectivity index (χ0v) is 19.8. The number of benzene rings is 3. The lowest BCUT2D eigenvalue weighted by atomic mass is 9.95. The summed E-state index contributed by atoms with van der Waals surface area (Å²) in [4.78, 5) is 39.0. The lowest BCUT2D eigenvalue weighted by Crippen LogP contribution is -2.35. The van der Waals surface area contributed by atoms with Crippen LogP contribution >= 0.6 is 0 Å². The largest absolute Gasteiger partial charge is 0.442 e. The third kappa shape index (κ3) is 5.09. The Kier molecular flexibility index (Phi) is 6.95. The summed E-state index contributed by atoms with van der Waals surface area (Å²) in [6.45, 7) is 1.81. The number of rotatable bonds is 8. The van der Waals surface area contributed by atoms with Crippen LogP contribution < -0.4 is 15.5 Å². The first-order valence-electron chi connectivity index (χ1n) is 12.3. The first kappa shape index (κ1) is 23.9. The molecule has 2 N–H and O–H groups in total. The number of hydrogen-bond acceptors (Lipinski definition) is 5. The number of hydrogen-bond donors (Lipinski definition) is 2. The minimum Gasteiger partial charge on any atom is -0.442 e. The maximum atomic E-state index is 14.7. The summed E-state index contributed by atoms with van der Waals surface area (Å²) in [6, 6.07) is 18.0. The van der Waals surface area contributed by atoms with Crippen molar-refractivity contribution in [2.24, 2.45) is 0 Å². The number of ketones is 1. The highest BCUT2D eigenvalue weighted by molar-refractivity contribution is 6.01. The second-order valence-corrected chi connectivity index (χ2v) is 9.27. The molecule has 3 aromatic carbocycles. The molecule has 2 saturated heterocycles. The van der Waals surface area contributed by atoms with E-state index >= 15 is 0 Å². The van der Waals surface area contributed by atoms with E-state index in [1.54, 1.807) is 18.2 Å². The van der Waals surface area contributed by atoms with E-state index in [0.717, 1.165) is 23.7 Å². The number of anilines is 1. The van der Waals surface area contributed by atoms with Crippen LogP contribution in [-0.2, 0) is 9.53 Å². The first-order chi connectivity index (χ1) is 17.5. The third-order valence-corrected chi connectivity index (χ3v) is 6.84. The number of ether oxygens (including phenoxy) is 1. The van der Waals surface area contributed by atoms with Gasteiger partial charge in [0.15, 0.2) is 5.78 Å². The molecule has 0 saturated carbocycles. The molecule has 0 bridgehead atoms. The van der Waals surface area contributed by atoms with Gasteiger partial charge in [-0.2, -0.15) is 0 Å². The van der Waals surface area contributed by atoms with Gasteiger partial charge >= 0.3 is 6.09 Å². The maximum Gasteiger partial charge on any atom is 0.414 e. The fourth-order valence-corrected chi connectivity index (χ4v) is 4.94. The van der Waals surface area contributed by atoms with E-state index in [4.69, 9.17) is 4.74 Å². The molecule has 2 heterocycles. The highest BCUT2D eigenvalue weighted by Crippen LogP contribution is 2.35. The van der Waals surface area contributed by atoms with Crippen LogP contribution in [0.2, 0.25) is 0 Å². The fourth-order valence-electron chi connectivity index (χ4n) is 4.94. The molecular formula is C28H28FN3O4. The lowest BCUT2D eigenvalue weighted by Gasteiger charge is -2.21. The quantitative estimate of drug-likeness (QED) is 0.464. The summed E-state index contributed by atoms with van der Waals surface area (Å²) < 4.78 is 20.1. The van der Waals surface area contributed by atoms with Gasteiger partial charge in [-0.3, -0.25) is 14.5 Å². The summed E-state index contributed by atoms with van der Waals surface area (Å²) in [5.74, 6) is -0.730. The van der Waals surface area contributed by atoms with Gasteiger partial charge in [0.05, 0.1) is 18.8 Å². The van der Waals surface area contributed by atoms with Crippen LogP contribution in [0.25, 0.3) is 10.8 Å². The molecule has 186 valence electrons. The lowest BCUT2D eigenvalue weighted by molar-refractivity contribution is -0.121. The summed E-state index contributed by atoms with van der Waals surface area (Å²) in [5.41, 5.74) is 1.62. The van der Waals surface area contributed by atoms with E-state index in [1.165, 1.54) is 11.0 Å². The van der Waals surface area contributed by atoms with Crippen LogP contribution in [0.5, 0.6) is 0 Å². The third-order valence-electron chi connectivity index (χ3n) is 6.84. The average Bonchev–Trinajstić information content (AvgIpc) is 3.55. The molecule has 2 atom stereocenters. The Morgan fingerprint density at radius 1 is 1.06 bits per heavy atom. The molecule has 1 unspecified atom stereocenters. The van der Waals surface area contributed by atoms with E-state index in [1.807, 2.05) is 36.4 Å². The molecule has 3 aromatic rings. The van der Waals surface area contributed by atoms with Crippen molar-refractivity contribution in [3.63, 3.8) is 0 Å². The smallest absolute Gasteiger partial charge is 0.414 e. The van der Waals surface area contributed by atoms with E-state index in [0.29, 0.717) is 23.4 Å². The Hall–Kier alpha value is -3.78. The molecule has 8 heteroatoms. The highest BCUT2D eigenvalue weighted by Gasteiger charge is 2.36. The molecule has 2 fully saturated rings. The van der Waals surface area contributed by atoms with Crippen molar-refractivity contribution in [1.82, 2.24) is 10.6 Å². The van der Waals surface area contributed by atoms with E-state index in [9.17, 15) is 18.8 Å². The number of fused-ring (bicyclic) bond motifs is 1. The van der Waals surface area contributed by atoms with Crippen LogP contribution in [0, 0.1) is 5.82 Å². The zero-order valence-electron chi connectivity index (χ0n) is 19.8. The van der Waals surface area contributed by atoms with Crippen molar-refractivity contribution in [3.8, 4) is 0 Å². The number of amides is 2. The Bertz CT molecular complexity index is 1300. The predicted octanol–water partition coefficient (Wildman–Crippen LogP) is 4.16. The number of carbonyl (C=O) groups is 3. The number of halogens is 1. The van der Waals surface area contributed by atoms with Gasteiger partial charge in [-0.1, -0.05) is 42.5 Å². The van der Waals surface area contributed by atoms with Crippen LogP contribution in [0.4, 0.5) is 14.9 Å². The Morgan fingerprint density at radius 2 is 1.89 bits per heavy atom. The molecule has 2 amide bonds. The van der Waals surface area contributed by atoms with Gasteiger partial charge in [-0.25, -0.2) is 9.18 Å². The second kappa shape index (κ2) is 10.5. The molecular weight excluding hydrogens is 461 g/mol. The maximum absolute atomic E-state index is 14.7. The van der Waals surface area contributed by atoms with Crippen molar-refractivity contribution in [2.75, 3.05) is 31.1 Å². The molecule has 0 aliphatic carbocycles. The topological polar surface area (TPSA) is 87.7 Å². The molecule has 0 radical (unpaired) electrons. The van der Waals surface area contributed by atoms with Crippen molar-refractivity contribution in [2.45, 2.75) is 31.3 Å². The van der Waals surface area contributed by atoms with Crippen molar-refractivity contribution in [1.29, 1.82) is 0 Å². The van der Waals surface area contributed by atoms with Gasteiger partial charge in [0.2, 0.25) is 5.91 Å². The first-order valence-corrected chi connectivity index (χ1v) is 12.3. The Labute approximate surface area is 208 Å². The standard InChI is InChI=1S/C28H28FN3O4/c29-23-6-3-7-24(27(23)21-12-13-30-15-21)32-17-22(36-28(32)35)16-31-26(34)11-10-25(33)20-9-8-18-4-1-2-5-19(18)14-20/h1-9,14,21-22,30H,10-13,15-17H2,(H,31,34)/t21?,22-/m0/s1. The average molecular weight is 490 g/mol. The number of cyclic esters (lactones) is 1. The van der Waals surface area contributed by atoms with Crippen molar-refractivity contribution in [3.05, 3.63) is 77.6 Å². The van der Waals surface area contributed by atoms with Crippen molar-refractivity contribution >= 4 is 34.2 Å². The summed E-state index contributed by atoms with van der Waals surface area (Å²) >= 11 is 0. The molecule has 0 aromatic heterocycles. The van der Waals surface area contributed by atoms with E-state index in [2.05, 4.69) is 10.6 Å². The summed E-state index contributed by atoms with van der Waals surface area (Å²) in [5, 5.41) is 8.02. The number of carbonyl (C=O) groups excluding carboxylic acids is 3. The highest BCUT2D eigenvalue weighted by atomic mass is 19.1. The van der Waals surface area contributed by atoms with Crippen LogP contribution in [0.1, 0.15) is 41.1 Å². The molecule has 7 nitrogen and oxygen atoms in total. The SMILES string of the molecule is O=C(CCC(=O)c1ccc2ccccc2c1)NC[C@H]1CN(c2cccc(F)c2C2CCNC2)C(=O)O1. The van der Waals surface area contributed by atoms with Gasteiger partial charge in [0, 0.05) is 36.4 Å². The molecule has 0 spiro atoms. The van der Waals surface area contributed by atoms with Gasteiger partial charge in [-0.05, 0) is 41.9 Å². The summed E-state index contributed by atoms with van der Waals surface area (Å²) in [7, 11) is 0. The van der Waals surface area contributed by atoms with E-state index in [-0.39, 0.29) is 49.4 Å². The predicted molar refractivity (Wildman–Crippen MR) is 135 cm³/mol. The number of nitrogens with zero attached hydrogens (tertiary/aromatic N) is 1. The molecule has 2 aliphatic heterocycles. The number of Topliss-reactive ketones (excluding diaryl/α,β-unsaturated/α-hetero) is 1. The van der Waals surface area contributed by atoms with Gasteiger partial charge in [-0.15, -0.1) is 0 Å². The second-order valence-electron chi connectivity index (χ2n) is 9.27. The zero-order chi connectivity index (χ0) is 25.1. The Balaban J connectivity index is 1.14. The number of nitrogens with one attached hydrogen (secondary N) is 2. The normalized spacial score (nSPS) is 19.5. The summed E-state index contributed by atoms with van der Waals surface area (Å²) in [6.07, 6.45) is -0.190. The minimum atomic E-state index is -0.560. The fraction of sp³-hybridized carbons (Fsp3) is 0.321. The van der Waals surface area contributed by atoms with Gasteiger partial charge in [0.25, 0.3) is 0 Å². The van der Waals surface area contributed by atoms with Gasteiger partial charge in [0.1, 0.15) is 11.9 Å². The minimum absolute atomic E-state index is 0.00658. The molecule has 36 heavy (non-hydrogen) atoms. The van der Waals surface area contributed by atoms with Crippen LogP contribution in [0.3, 0.4) is 0 Å². The van der Waals surface area contributed by atoms with Gasteiger partial charge < -0.3 is 15.4 Å². The molecule has 5 rings (SSSR count).